The zero-order valence-electron chi connectivity index (χ0n) is 20.6. The Morgan fingerprint density at radius 3 is 2.43 bits per heavy atom. The van der Waals surface area contributed by atoms with Gasteiger partial charge in [0.1, 0.15) is 0 Å². The first-order valence-corrected chi connectivity index (χ1v) is 13.0. The van der Waals surface area contributed by atoms with E-state index in [1.807, 2.05) is 18.3 Å². The van der Waals surface area contributed by atoms with Crippen LogP contribution in [0.3, 0.4) is 0 Å². The highest BCUT2D eigenvalue weighted by Gasteiger charge is 2.42. The summed E-state index contributed by atoms with van der Waals surface area (Å²) in [4.78, 5) is 6.96. The molecule has 0 amide bonds. The zero-order valence-corrected chi connectivity index (χ0v) is 23.0. The van der Waals surface area contributed by atoms with Crippen LogP contribution in [-0.2, 0) is 0 Å². The molecule has 2 aromatic carbocycles. The molecule has 5 rings (SSSR count). The van der Waals surface area contributed by atoms with Crippen molar-refractivity contribution in [3.8, 4) is 5.69 Å². The van der Waals surface area contributed by atoms with Gasteiger partial charge in [-0.15, -0.1) is 0 Å². The third kappa shape index (κ3) is 4.09. The highest BCUT2D eigenvalue weighted by molar-refractivity contribution is 9.10. The van der Waals surface area contributed by atoms with E-state index in [0.717, 1.165) is 15.9 Å². The highest BCUT2D eigenvalue weighted by Crippen LogP contribution is 2.44. The highest BCUT2D eigenvalue weighted by atomic mass is 79.9. The summed E-state index contributed by atoms with van der Waals surface area (Å²) < 4.78 is 3.46. The number of hydrogen-bond acceptors (Lipinski definition) is 2. The number of thiocarbonyl (C=S) groups is 1. The van der Waals surface area contributed by atoms with Gasteiger partial charge in [-0.1, -0.05) is 34.1 Å². The number of benzene rings is 2. The van der Waals surface area contributed by atoms with Crippen LogP contribution >= 0.6 is 28.1 Å². The standard InChI is InChI=1S/C29H29BrN4S/c1-17-9-8-11-26(20(17)4)33-19(3)16-23(21(33)5)28-27(25-10-6-7-14-31-25)32-29(35)34(28)22-12-13-24(30)18(2)15-22/h6-16,27-28H,1-5H3,(H,32,35). The molecule has 2 atom stereocenters. The molecule has 0 radical (unpaired) electrons. The van der Waals surface area contributed by atoms with Crippen LogP contribution in [0.25, 0.3) is 5.69 Å². The smallest absolute Gasteiger partial charge is 0.174 e. The Morgan fingerprint density at radius 1 is 0.914 bits per heavy atom. The molecule has 1 aliphatic heterocycles. The molecule has 0 spiro atoms. The Balaban J connectivity index is 1.71. The summed E-state index contributed by atoms with van der Waals surface area (Å²) in [5, 5.41) is 4.30. The maximum absolute atomic E-state index is 5.94. The van der Waals surface area contributed by atoms with Crippen LogP contribution in [0, 0.1) is 34.6 Å². The first kappa shape index (κ1) is 23.8. The molecule has 6 heteroatoms. The first-order valence-electron chi connectivity index (χ1n) is 11.8. The average Bonchev–Trinajstić information content (AvgIpc) is 3.33. The number of hydrogen-bond donors (Lipinski definition) is 1. The van der Waals surface area contributed by atoms with Crippen LogP contribution in [0.1, 0.15) is 51.4 Å². The van der Waals surface area contributed by atoms with Crippen LogP contribution in [0.4, 0.5) is 5.69 Å². The van der Waals surface area contributed by atoms with Crippen LogP contribution < -0.4 is 10.2 Å². The van der Waals surface area contributed by atoms with E-state index in [9.17, 15) is 0 Å². The number of aromatic nitrogens is 2. The second kappa shape index (κ2) is 9.25. The SMILES string of the molecule is Cc1cc(N2C(=S)NC(c3ccccn3)C2c2cc(C)n(-c3cccc(C)c3C)c2C)ccc1Br. The number of nitrogens with zero attached hydrogens (tertiary/aromatic N) is 3. The Labute approximate surface area is 221 Å². The van der Waals surface area contributed by atoms with Gasteiger partial charge in [0.15, 0.2) is 5.11 Å². The summed E-state index contributed by atoms with van der Waals surface area (Å²) in [6.07, 6.45) is 1.85. The van der Waals surface area contributed by atoms with Gasteiger partial charge in [0.05, 0.1) is 17.8 Å². The molecule has 1 saturated heterocycles. The van der Waals surface area contributed by atoms with Crippen molar-refractivity contribution in [1.82, 2.24) is 14.9 Å². The minimum Gasteiger partial charge on any atom is -0.351 e. The summed E-state index contributed by atoms with van der Waals surface area (Å²) in [7, 11) is 0. The lowest BCUT2D eigenvalue weighted by Gasteiger charge is -2.28. The molecule has 1 fully saturated rings. The summed E-state index contributed by atoms with van der Waals surface area (Å²) in [6.45, 7) is 10.9. The average molecular weight is 546 g/mol. The summed E-state index contributed by atoms with van der Waals surface area (Å²) in [5.74, 6) is 0. The third-order valence-corrected chi connectivity index (χ3v) is 8.33. The Bertz CT molecular complexity index is 1430. The van der Waals surface area contributed by atoms with E-state index in [-0.39, 0.29) is 12.1 Å². The summed E-state index contributed by atoms with van der Waals surface area (Å²) in [5.41, 5.74) is 10.7. The topological polar surface area (TPSA) is 33.1 Å². The van der Waals surface area contributed by atoms with Gasteiger partial charge in [-0.05, 0) is 112 Å². The molecule has 0 aliphatic carbocycles. The normalized spacial score (nSPS) is 17.7. The van der Waals surface area contributed by atoms with E-state index in [2.05, 4.69) is 114 Å². The minimum atomic E-state index is -0.0693. The molecule has 4 nitrogen and oxygen atoms in total. The fourth-order valence-corrected chi connectivity index (χ4v) is 5.76. The van der Waals surface area contributed by atoms with Gasteiger partial charge < -0.3 is 14.8 Å². The molecule has 2 aromatic heterocycles. The van der Waals surface area contributed by atoms with Crippen molar-refractivity contribution in [3.05, 3.63) is 111 Å². The minimum absolute atomic E-state index is 0.0389. The van der Waals surface area contributed by atoms with Gasteiger partial charge >= 0.3 is 0 Å². The maximum Gasteiger partial charge on any atom is 0.174 e. The lowest BCUT2D eigenvalue weighted by atomic mass is 9.96. The maximum atomic E-state index is 5.94. The van der Waals surface area contributed by atoms with Crippen molar-refractivity contribution in [1.29, 1.82) is 0 Å². The molecular weight excluding hydrogens is 516 g/mol. The quantitative estimate of drug-likeness (QED) is 0.272. The second-order valence-corrected chi connectivity index (χ2v) is 10.6. The lowest BCUT2D eigenvalue weighted by Crippen LogP contribution is -2.29. The second-order valence-electron chi connectivity index (χ2n) is 9.31. The number of halogens is 1. The van der Waals surface area contributed by atoms with Crippen molar-refractivity contribution < 1.29 is 0 Å². The van der Waals surface area contributed by atoms with Crippen molar-refractivity contribution in [2.75, 3.05) is 4.90 Å². The van der Waals surface area contributed by atoms with Crippen LogP contribution in [0.2, 0.25) is 0 Å². The van der Waals surface area contributed by atoms with Gasteiger partial charge in [-0.25, -0.2) is 0 Å². The zero-order chi connectivity index (χ0) is 24.9. The lowest BCUT2D eigenvalue weighted by molar-refractivity contribution is 0.565. The van der Waals surface area contributed by atoms with Gasteiger partial charge in [-0.3, -0.25) is 4.98 Å². The Kier molecular flexibility index (Phi) is 6.28. The molecular formula is C29H29BrN4S. The number of rotatable bonds is 4. The number of anilines is 1. The predicted molar refractivity (Wildman–Crippen MR) is 152 cm³/mol. The molecule has 2 unspecified atom stereocenters. The fraction of sp³-hybridized carbons (Fsp3) is 0.241. The van der Waals surface area contributed by atoms with E-state index in [0.29, 0.717) is 5.11 Å². The number of pyridine rings is 1. The molecule has 0 bridgehead atoms. The molecule has 1 N–H and O–H groups in total. The van der Waals surface area contributed by atoms with Crippen molar-refractivity contribution >= 4 is 38.9 Å². The van der Waals surface area contributed by atoms with E-state index in [4.69, 9.17) is 17.2 Å². The summed E-state index contributed by atoms with van der Waals surface area (Å²) >= 11 is 9.58. The van der Waals surface area contributed by atoms with Crippen molar-refractivity contribution in [3.63, 3.8) is 0 Å². The van der Waals surface area contributed by atoms with E-state index in [1.54, 1.807) is 0 Å². The molecule has 4 aromatic rings. The van der Waals surface area contributed by atoms with E-state index >= 15 is 0 Å². The largest absolute Gasteiger partial charge is 0.351 e. The fourth-order valence-electron chi connectivity index (χ4n) is 5.16. The third-order valence-electron chi connectivity index (χ3n) is 7.12. The molecule has 178 valence electrons. The van der Waals surface area contributed by atoms with Gasteiger partial charge in [0.2, 0.25) is 0 Å². The Morgan fingerprint density at radius 2 is 1.71 bits per heavy atom. The van der Waals surface area contributed by atoms with Crippen LogP contribution in [0.5, 0.6) is 0 Å². The monoisotopic (exact) mass is 544 g/mol. The number of aryl methyl sites for hydroxylation is 3. The predicted octanol–water partition coefficient (Wildman–Crippen LogP) is 7.35. The molecule has 0 saturated carbocycles. The first-order chi connectivity index (χ1) is 16.8. The molecule has 1 aliphatic rings. The van der Waals surface area contributed by atoms with Crippen molar-refractivity contribution in [2.24, 2.45) is 0 Å². The van der Waals surface area contributed by atoms with Crippen molar-refractivity contribution in [2.45, 2.75) is 46.7 Å². The molecule has 3 heterocycles. The number of nitrogens with one attached hydrogen (secondary N) is 1. The van der Waals surface area contributed by atoms with Gasteiger partial charge in [0, 0.05) is 33.4 Å². The van der Waals surface area contributed by atoms with Crippen LogP contribution in [-0.4, -0.2) is 14.7 Å². The van der Waals surface area contributed by atoms with E-state index < -0.39 is 0 Å². The van der Waals surface area contributed by atoms with E-state index in [1.165, 1.54) is 39.3 Å². The Hall–Kier alpha value is -2.96. The molecule has 35 heavy (non-hydrogen) atoms. The summed E-state index contributed by atoms with van der Waals surface area (Å²) in [6, 6.07) is 21.2. The van der Waals surface area contributed by atoms with Gasteiger partial charge in [0.25, 0.3) is 0 Å². The van der Waals surface area contributed by atoms with Crippen LogP contribution in [0.15, 0.2) is 71.3 Å². The van der Waals surface area contributed by atoms with Gasteiger partial charge in [-0.2, -0.15) is 0 Å².